The summed E-state index contributed by atoms with van der Waals surface area (Å²) in [4.78, 5) is 0. The van der Waals surface area contributed by atoms with Crippen molar-refractivity contribution in [2.75, 3.05) is 0 Å². The molecule has 9 heavy (non-hydrogen) atoms. The van der Waals surface area contributed by atoms with Crippen LogP contribution in [0.25, 0.3) is 0 Å². The van der Waals surface area contributed by atoms with Crippen LogP contribution in [0.1, 0.15) is 41.4 Å². The third-order valence-corrected chi connectivity index (χ3v) is 1.91. The molecule has 0 heteroatoms. The Bertz CT molecular complexity index is 166. The molecule has 1 rings (SSSR count). The summed E-state index contributed by atoms with van der Waals surface area (Å²) in [7, 11) is 0. The summed E-state index contributed by atoms with van der Waals surface area (Å²) in [6.45, 7) is 6.42. The Balaban J connectivity index is 2.89. The molecular weight excluding hydrogens is 108 g/mol. The van der Waals surface area contributed by atoms with Crippen molar-refractivity contribution in [1.82, 2.24) is 0 Å². The standard InChI is InChI=1S/C9H16/c1-8-5-4-6-9(2,3)7-8/h7H,4-6H2,1-3H3/i7D. The van der Waals surface area contributed by atoms with E-state index in [9.17, 15) is 0 Å². The van der Waals surface area contributed by atoms with Crippen molar-refractivity contribution in [3.8, 4) is 0 Å². The molecule has 0 heterocycles. The molecule has 0 unspecified atom stereocenters. The maximum atomic E-state index is 7.76. The van der Waals surface area contributed by atoms with Crippen LogP contribution in [0.5, 0.6) is 0 Å². The molecule has 52 valence electrons. The first-order valence-corrected chi connectivity index (χ1v) is 3.71. The highest BCUT2D eigenvalue weighted by atomic mass is 14.2. The first-order valence-electron chi connectivity index (χ1n) is 4.21. The van der Waals surface area contributed by atoms with Crippen LogP contribution in [0.2, 0.25) is 0 Å². The summed E-state index contributed by atoms with van der Waals surface area (Å²) in [5.74, 6) is 0. The molecule has 0 N–H and O–H groups in total. The van der Waals surface area contributed by atoms with Gasteiger partial charge in [-0.15, -0.1) is 0 Å². The largest absolute Gasteiger partial charge is 0.0799 e. The van der Waals surface area contributed by atoms with Crippen molar-refractivity contribution in [2.45, 2.75) is 40.0 Å². The fourth-order valence-corrected chi connectivity index (χ4v) is 1.50. The van der Waals surface area contributed by atoms with Gasteiger partial charge >= 0.3 is 0 Å². The molecule has 0 spiro atoms. The second-order valence-electron chi connectivity index (χ2n) is 3.64. The normalized spacial score (nSPS) is 28.1. The van der Waals surface area contributed by atoms with Crippen LogP contribution < -0.4 is 0 Å². The summed E-state index contributed by atoms with van der Waals surface area (Å²) >= 11 is 0. The van der Waals surface area contributed by atoms with E-state index in [2.05, 4.69) is 20.8 Å². The van der Waals surface area contributed by atoms with Gasteiger partial charge in [0.2, 0.25) is 0 Å². The van der Waals surface area contributed by atoms with E-state index in [1.807, 2.05) is 0 Å². The maximum Gasteiger partial charge on any atom is 0.0581 e. The van der Waals surface area contributed by atoms with Gasteiger partial charge in [-0.05, 0) is 31.6 Å². The van der Waals surface area contributed by atoms with Gasteiger partial charge in [0.1, 0.15) is 0 Å². The molecule has 0 bridgehead atoms. The molecule has 0 saturated heterocycles. The van der Waals surface area contributed by atoms with E-state index in [1.165, 1.54) is 18.4 Å². The fourth-order valence-electron chi connectivity index (χ4n) is 1.50. The highest BCUT2D eigenvalue weighted by molar-refractivity contribution is 5.08. The van der Waals surface area contributed by atoms with Gasteiger partial charge in [0.05, 0.1) is 1.37 Å². The number of hydrogen-bond acceptors (Lipinski definition) is 0. The average Bonchev–Trinajstić information content (AvgIpc) is 1.83. The van der Waals surface area contributed by atoms with Crippen LogP contribution >= 0.6 is 0 Å². The van der Waals surface area contributed by atoms with Crippen LogP contribution in [0, 0.1) is 5.41 Å². The predicted molar refractivity (Wildman–Crippen MR) is 41.4 cm³/mol. The minimum absolute atomic E-state index is 0.155. The minimum Gasteiger partial charge on any atom is -0.0799 e. The topological polar surface area (TPSA) is 0 Å². The lowest BCUT2D eigenvalue weighted by atomic mass is 9.80. The lowest BCUT2D eigenvalue weighted by molar-refractivity contribution is 0.397. The molecule has 0 aromatic rings. The molecule has 0 nitrogen and oxygen atoms in total. The number of hydrogen-bond donors (Lipinski definition) is 0. The quantitative estimate of drug-likeness (QED) is 0.436. The maximum absolute atomic E-state index is 7.76. The highest BCUT2D eigenvalue weighted by Gasteiger charge is 2.17. The van der Waals surface area contributed by atoms with Gasteiger partial charge in [-0.25, -0.2) is 0 Å². The minimum atomic E-state index is 0.155. The molecule has 0 atom stereocenters. The van der Waals surface area contributed by atoms with E-state index in [0.29, 0.717) is 0 Å². The Kier molecular flexibility index (Phi) is 1.33. The smallest absolute Gasteiger partial charge is 0.0581 e. The molecule has 0 aromatic carbocycles. The predicted octanol–water partition coefficient (Wildman–Crippen LogP) is 3.14. The van der Waals surface area contributed by atoms with Gasteiger partial charge in [-0.2, -0.15) is 0 Å². The van der Waals surface area contributed by atoms with Gasteiger partial charge in [0, 0.05) is 0 Å². The summed E-state index contributed by atoms with van der Waals surface area (Å²) < 4.78 is 7.76. The Morgan fingerprint density at radius 1 is 1.67 bits per heavy atom. The lowest BCUT2D eigenvalue weighted by Crippen LogP contribution is -2.11. The summed E-state index contributed by atoms with van der Waals surface area (Å²) in [6, 6.07) is 0.874. The van der Waals surface area contributed by atoms with Gasteiger partial charge in [-0.1, -0.05) is 25.5 Å². The molecular formula is C9H16. The van der Waals surface area contributed by atoms with Crippen LogP contribution in [0.15, 0.2) is 11.6 Å². The lowest BCUT2D eigenvalue weighted by Gasteiger charge is -2.25. The van der Waals surface area contributed by atoms with Crippen LogP contribution in [0.4, 0.5) is 0 Å². The van der Waals surface area contributed by atoms with E-state index >= 15 is 0 Å². The van der Waals surface area contributed by atoms with Gasteiger partial charge < -0.3 is 0 Å². The van der Waals surface area contributed by atoms with Crippen molar-refractivity contribution in [3.05, 3.63) is 11.6 Å². The van der Waals surface area contributed by atoms with E-state index in [4.69, 9.17) is 1.37 Å². The fraction of sp³-hybridized carbons (Fsp3) is 0.778. The molecule has 0 aromatic heterocycles. The summed E-state index contributed by atoms with van der Waals surface area (Å²) in [5, 5.41) is 0. The van der Waals surface area contributed by atoms with E-state index in [-0.39, 0.29) is 5.41 Å². The molecule has 0 fully saturated rings. The Labute approximate surface area is 59.4 Å². The zero-order chi connectivity index (χ0) is 7.78. The van der Waals surface area contributed by atoms with Crippen molar-refractivity contribution in [3.63, 3.8) is 0 Å². The number of allylic oxidation sites excluding steroid dienone is 2. The van der Waals surface area contributed by atoms with Crippen molar-refractivity contribution < 1.29 is 1.37 Å². The van der Waals surface area contributed by atoms with E-state index in [1.54, 1.807) is 0 Å². The van der Waals surface area contributed by atoms with Crippen molar-refractivity contribution >= 4 is 0 Å². The van der Waals surface area contributed by atoms with Gasteiger partial charge in [0.15, 0.2) is 0 Å². The molecule has 1 aliphatic carbocycles. The second kappa shape index (κ2) is 2.17. The molecule has 0 radical (unpaired) electrons. The van der Waals surface area contributed by atoms with Gasteiger partial charge in [-0.3, -0.25) is 0 Å². The third-order valence-electron chi connectivity index (χ3n) is 1.91. The molecule has 0 aliphatic heterocycles. The molecule has 0 saturated carbocycles. The zero-order valence-corrected chi connectivity index (χ0v) is 6.62. The van der Waals surface area contributed by atoms with Crippen LogP contribution in [-0.2, 0) is 0 Å². The van der Waals surface area contributed by atoms with Crippen molar-refractivity contribution in [2.24, 2.45) is 5.41 Å². The van der Waals surface area contributed by atoms with Crippen LogP contribution in [0.3, 0.4) is 0 Å². The first kappa shape index (κ1) is 5.52. The number of rotatable bonds is 0. The Morgan fingerprint density at radius 2 is 2.33 bits per heavy atom. The van der Waals surface area contributed by atoms with E-state index < -0.39 is 0 Å². The van der Waals surface area contributed by atoms with Crippen LogP contribution in [-0.4, -0.2) is 0 Å². The Morgan fingerprint density at radius 3 is 2.78 bits per heavy atom. The average molecular weight is 125 g/mol. The van der Waals surface area contributed by atoms with E-state index in [0.717, 1.165) is 12.5 Å². The first-order chi connectivity index (χ1) is 4.54. The monoisotopic (exact) mass is 125 g/mol. The summed E-state index contributed by atoms with van der Waals surface area (Å²) in [5.41, 5.74) is 1.44. The van der Waals surface area contributed by atoms with Crippen molar-refractivity contribution in [1.29, 1.82) is 0 Å². The van der Waals surface area contributed by atoms with Gasteiger partial charge in [0.25, 0.3) is 0 Å². The second-order valence-corrected chi connectivity index (χ2v) is 3.64. The molecule has 1 aliphatic rings. The zero-order valence-electron chi connectivity index (χ0n) is 7.62. The molecule has 0 amide bonds. The third kappa shape index (κ3) is 1.85. The summed E-state index contributed by atoms with van der Waals surface area (Å²) in [6.07, 6.45) is 3.59. The highest BCUT2D eigenvalue weighted by Crippen LogP contribution is 2.32. The SMILES string of the molecule is [2H]C1=C(C)CCCC1(C)C. The Hall–Kier alpha value is -0.260.